The van der Waals surface area contributed by atoms with Crippen molar-refractivity contribution in [2.45, 2.75) is 62.8 Å². The van der Waals surface area contributed by atoms with Crippen LogP contribution < -0.4 is 5.32 Å². The van der Waals surface area contributed by atoms with E-state index in [1.54, 1.807) is 24.3 Å². The highest BCUT2D eigenvalue weighted by atomic mass is 32.2. The van der Waals surface area contributed by atoms with Crippen molar-refractivity contribution in [1.82, 2.24) is 9.62 Å². The monoisotopic (exact) mass is 376 g/mol. The van der Waals surface area contributed by atoms with Gasteiger partial charge in [-0.3, -0.25) is 4.79 Å². The number of allylic oxidation sites excluding steroid dienone is 1. The maximum atomic E-state index is 12.9. The van der Waals surface area contributed by atoms with Gasteiger partial charge in [-0.2, -0.15) is 4.31 Å². The standard InChI is InChI=1S/C20H28N2O3S/c1-16-9-11-18(12-10-16)26(24,25)22-15-5-8-19(22)20(23)21-14-13-17-6-3-2-4-7-17/h6,9-12,19H,2-5,7-8,13-15H2,1H3,(H,21,23). The highest BCUT2D eigenvalue weighted by Crippen LogP contribution is 2.26. The molecule has 1 amide bonds. The Hall–Kier alpha value is -1.66. The van der Waals surface area contributed by atoms with E-state index in [2.05, 4.69) is 11.4 Å². The summed E-state index contributed by atoms with van der Waals surface area (Å²) in [5.41, 5.74) is 2.42. The lowest BCUT2D eigenvalue weighted by Gasteiger charge is -2.23. The van der Waals surface area contributed by atoms with Crippen molar-refractivity contribution < 1.29 is 13.2 Å². The van der Waals surface area contributed by atoms with Crippen LogP contribution in [-0.4, -0.2) is 37.8 Å². The minimum atomic E-state index is -3.63. The SMILES string of the molecule is Cc1ccc(S(=O)(=O)N2CCCC2C(=O)NCCC2=CCCCC2)cc1. The van der Waals surface area contributed by atoms with E-state index >= 15 is 0 Å². The Labute approximate surface area is 156 Å². The van der Waals surface area contributed by atoms with Crippen molar-refractivity contribution in [2.24, 2.45) is 0 Å². The summed E-state index contributed by atoms with van der Waals surface area (Å²) in [7, 11) is -3.63. The highest BCUT2D eigenvalue weighted by Gasteiger charge is 2.39. The molecule has 1 heterocycles. The molecular formula is C20H28N2O3S. The Morgan fingerprint density at radius 1 is 1.19 bits per heavy atom. The van der Waals surface area contributed by atoms with Gasteiger partial charge in [-0.25, -0.2) is 8.42 Å². The van der Waals surface area contributed by atoms with Crippen molar-refractivity contribution in [3.05, 3.63) is 41.5 Å². The van der Waals surface area contributed by atoms with E-state index in [1.807, 2.05) is 6.92 Å². The van der Waals surface area contributed by atoms with Crippen molar-refractivity contribution in [1.29, 1.82) is 0 Å². The predicted octanol–water partition coefficient (Wildman–Crippen LogP) is 3.15. The fourth-order valence-electron chi connectivity index (χ4n) is 3.73. The van der Waals surface area contributed by atoms with Crippen molar-refractivity contribution >= 4 is 15.9 Å². The van der Waals surface area contributed by atoms with Crippen LogP contribution in [0.1, 0.15) is 50.5 Å². The summed E-state index contributed by atoms with van der Waals surface area (Å²) >= 11 is 0. The molecule has 1 aliphatic carbocycles. The minimum Gasteiger partial charge on any atom is -0.354 e. The number of nitrogens with zero attached hydrogens (tertiary/aromatic N) is 1. The molecule has 0 spiro atoms. The normalized spacial score (nSPS) is 21.4. The first-order chi connectivity index (χ1) is 12.5. The Bertz CT molecular complexity index is 769. The van der Waals surface area contributed by atoms with Gasteiger partial charge in [0.05, 0.1) is 4.90 Å². The maximum Gasteiger partial charge on any atom is 0.243 e. The molecule has 3 rings (SSSR count). The van der Waals surface area contributed by atoms with Crippen LogP contribution in [-0.2, 0) is 14.8 Å². The molecule has 26 heavy (non-hydrogen) atoms. The Morgan fingerprint density at radius 3 is 2.65 bits per heavy atom. The van der Waals surface area contributed by atoms with Gasteiger partial charge in [-0.1, -0.05) is 29.3 Å². The van der Waals surface area contributed by atoms with Gasteiger partial charge in [0, 0.05) is 13.1 Å². The van der Waals surface area contributed by atoms with Gasteiger partial charge in [0.2, 0.25) is 15.9 Å². The fraction of sp³-hybridized carbons (Fsp3) is 0.550. The van der Waals surface area contributed by atoms with Crippen LogP contribution in [0, 0.1) is 6.92 Å². The number of carbonyl (C=O) groups excluding carboxylic acids is 1. The van der Waals surface area contributed by atoms with E-state index in [4.69, 9.17) is 0 Å². The first-order valence-electron chi connectivity index (χ1n) is 9.52. The number of amides is 1. The molecule has 1 aromatic rings. The lowest BCUT2D eigenvalue weighted by molar-refractivity contribution is -0.124. The van der Waals surface area contributed by atoms with Gasteiger partial charge in [-0.15, -0.1) is 0 Å². The van der Waals surface area contributed by atoms with Gasteiger partial charge in [0.15, 0.2) is 0 Å². The van der Waals surface area contributed by atoms with Crippen LogP contribution in [0.5, 0.6) is 0 Å². The van der Waals surface area contributed by atoms with Gasteiger partial charge in [0.1, 0.15) is 6.04 Å². The van der Waals surface area contributed by atoms with Gasteiger partial charge in [0.25, 0.3) is 0 Å². The van der Waals surface area contributed by atoms with E-state index in [-0.39, 0.29) is 10.8 Å². The molecule has 1 saturated heterocycles. The fourth-order valence-corrected chi connectivity index (χ4v) is 5.39. The summed E-state index contributed by atoms with van der Waals surface area (Å²) < 4.78 is 27.2. The zero-order valence-corrected chi connectivity index (χ0v) is 16.2. The number of rotatable bonds is 6. The van der Waals surface area contributed by atoms with Gasteiger partial charge in [-0.05, 0) is 64.0 Å². The molecule has 1 unspecified atom stereocenters. The maximum absolute atomic E-state index is 12.9. The minimum absolute atomic E-state index is 0.172. The Morgan fingerprint density at radius 2 is 1.96 bits per heavy atom. The van der Waals surface area contributed by atoms with Crippen molar-refractivity contribution in [2.75, 3.05) is 13.1 Å². The molecule has 142 valence electrons. The average Bonchev–Trinajstić information content (AvgIpc) is 3.14. The first kappa shape index (κ1) is 19.1. The third-order valence-corrected chi connectivity index (χ3v) is 7.19. The van der Waals surface area contributed by atoms with E-state index < -0.39 is 16.1 Å². The third-order valence-electron chi connectivity index (χ3n) is 5.26. The molecule has 0 aromatic heterocycles. The molecule has 2 aliphatic rings. The average molecular weight is 377 g/mol. The zero-order chi connectivity index (χ0) is 18.6. The topological polar surface area (TPSA) is 66.5 Å². The number of aryl methyl sites for hydroxylation is 1. The zero-order valence-electron chi connectivity index (χ0n) is 15.4. The third kappa shape index (κ3) is 4.35. The van der Waals surface area contributed by atoms with Crippen LogP contribution in [0.25, 0.3) is 0 Å². The molecular weight excluding hydrogens is 348 g/mol. The predicted molar refractivity (Wildman–Crippen MR) is 102 cm³/mol. The molecule has 1 N–H and O–H groups in total. The van der Waals surface area contributed by atoms with Crippen molar-refractivity contribution in [3.63, 3.8) is 0 Å². The second-order valence-electron chi connectivity index (χ2n) is 7.24. The van der Waals surface area contributed by atoms with Crippen LogP contribution in [0.3, 0.4) is 0 Å². The molecule has 6 heteroatoms. The highest BCUT2D eigenvalue weighted by molar-refractivity contribution is 7.89. The van der Waals surface area contributed by atoms with E-state index in [0.717, 1.165) is 24.8 Å². The number of nitrogens with one attached hydrogen (secondary N) is 1. The quantitative estimate of drug-likeness (QED) is 0.776. The van der Waals surface area contributed by atoms with Crippen molar-refractivity contribution in [3.8, 4) is 0 Å². The lowest BCUT2D eigenvalue weighted by atomic mass is 9.97. The molecule has 5 nitrogen and oxygen atoms in total. The molecule has 0 saturated carbocycles. The summed E-state index contributed by atoms with van der Waals surface area (Å²) in [5, 5.41) is 2.95. The Kier molecular flexibility index (Phi) is 6.14. The summed E-state index contributed by atoms with van der Waals surface area (Å²) in [6.45, 7) is 2.91. The van der Waals surface area contributed by atoms with Crippen LogP contribution in [0.15, 0.2) is 40.8 Å². The molecule has 0 radical (unpaired) electrons. The smallest absolute Gasteiger partial charge is 0.243 e. The Balaban J connectivity index is 1.62. The summed E-state index contributed by atoms with van der Waals surface area (Å²) in [5.74, 6) is -0.172. The van der Waals surface area contributed by atoms with E-state index in [1.165, 1.54) is 22.7 Å². The number of hydrogen-bond donors (Lipinski definition) is 1. The molecule has 1 atom stereocenters. The van der Waals surface area contributed by atoms with E-state index in [9.17, 15) is 13.2 Å². The van der Waals surface area contributed by atoms with Gasteiger partial charge < -0.3 is 5.32 Å². The van der Waals surface area contributed by atoms with E-state index in [0.29, 0.717) is 25.9 Å². The van der Waals surface area contributed by atoms with Gasteiger partial charge >= 0.3 is 0 Å². The second-order valence-corrected chi connectivity index (χ2v) is 9.13. The molecule has 0 bridgehead atoms. The largest absolute Gasteiger partial charge is 0.354 e. The summed E-state index contributed by atoms with van der Waals surface area (Å²) in [6, 6.07) is 6.22. The number of benzene rings is 1. The van der Waals surface area contributed by atoms with Crippen LogP contribution in [0.4, 0.5) is 0 Å². The lowest BCUT2D eigenvalue weighted by Crippen LogP contribution is -2.46. The van der Waals surface area contributed by atoms with Crippen LogP contribution in [0.2, 0.25) is 0 Å². The number of hydrogen-bond acceptors (Lipinski definition) is 3. The number of sulfonamides is 1. The molecule has 1 aliphatic heterocycles. The molecule has 1 aromatic carbocycles. The summed E-state index contributed by atoms with van der Waals surface area (Å²) in [4.78, 5) is 12.9. The first-order valence-corrected chi connectivity index (χ1v) is 11.0. The number of carbonyl (C=O) groups is 1. The summed E-state index contributed by atoms with van der Waals surface area (Å²) in [6.07, 6.45) is 9.17. The second kappa shape index (κ2) is 8.35. The molecule has 1 fully saturated rings. The van der Waals surface area contributed by atoms with Crippen LogP contribution >= 0.6 is 0 Å².